The molecule has 0 aliphatic heterocycles. The SMILES string of the molecule is CCOC(CNc1cc(-c2ccccc2)nc2ncnn12)c1ccccc1. The molecular formula is C21H21N5O. The van der Waals surface area contributed by atoms with E-state index in [-0.39, 0.29) is 6.10 Å². The van der Waals surface area contributed by atoms with Crippen LogP contribution in [0.3, 0.4) is 0 Å². The molecule has 1 atom stereocenters. The van der Waals surface area contributed by atoms with Gasteiger partial charge < -0.3 is 10.1 Å². The van der Waals surface area contributed by atoms with E-state index < -0.39 is 0 Å². The molecule has 0 amide bonds. The fourth-order valence-corrected chi connectivity index (χ4v) is 3.03. The minimum absolute atomic E-state index is 0.0527. The van der Waals surface area contributed by atoms with Crippen molar-refractivity contribution in [2.75, 3.05) is 18.5 Å². The van der Waals surface area contributed by atoms with Gasteiger partial charge in [-0.1, -0.05) is 60.7 Å². The standard InChI is InChI=1S/C21H21N5O/c1-2-27-19(17-11-7-4-8-12-17)14-22-20-13-18(16-9-5-3-6-10-16)25-21-23-15-24-26(20)21/h3-13,15,19,22H,2,14H2,1H3. The predicted molar refractivity (Wildman–Crippen MR) is 106 cm³/mol. The number of aromatic nitrogens is 4. The van der Waals surface area contributed by atoms with Crippen molar-refractivity contribution in [3.63, 3.8) is 0 Å². The van der Waals surface area contributed by atoms with E-state index in [0.29, 0.717) is 18.9 Å². The summed E-state index contributed by atoms with van der Waals surface area (Å²) in [7, 11) is 0. The van der Waals surface area contributed by atoms with Crippen molar-refractivity contribution in [1.29, 1.82) is 0 Å². The number of nitrogens with zero attached hydrogens (tertiary/aromatic N) is 4. The highest BCUT2D eigenvalue weighted by atomic mass is 16.5. The van der Waals surface area contributed by atoms with E-state index in [2.05, 4.69) is 32.5 Å². The van der Waals surface area contributed by atoms with Crippen LogP contribution in [-0.4, -0.2) is 32.7 Å². The number of rotatable bonds is 7. The highest BCUT2D eigenvalue weighted by Crippen LogP contribution is 2.23. The lowest BCUT2D eigenvalue weighted by molar-refractivity contribution is 0.0718. The van der Waals surface area contributed by atoms with Crippen molar-refractivity contribution in [2.24, 2.45) is 0 Å². The Morgan fingerprint density at radius 2 is 1.78 bits per heavy atom. The molecule has 0 spiro atoms. The number of nitrogens with one attached hydrogen (secondary N) is 1. The molecule has 6 nitrogen and oxygen atoms in total. The van der Waals surface area contributed by atoms with Crippen molar-refractivity contribution in [1.82, 2.24) is 19.6 Å². The summed E-state index contributed by atoms with van der Waals surface area (Å²) in [4.78, 5) is 8.86. The second-order valence-corrected chi connectivity index (χ2v) is 6.10. The monoisotopic (exact) mass is 359 g/mol. The lowest BCUT2D eigenvalue weighted by Crippen LogP contribution is -2.18. The summed E-state index contributed by atoms with van der Waals surface area (Å²) >= 11 is 0. The maximum Gasteiger partial charge on any atom is 0.254 e. The molecule has 1 N–H and O–H groups in total. The van der Waals surface area contributed by atoms with Gasteiger partial charge >= 0.3 is 0 Å². The number of hydrogen-bond donors (Lipinski definition) is 1. The Morgan fingerprint density at radius 1 is 1.04 bits per heavy atom. The number of fused-ring (bicyclic) bond motifs is 1. The first-order valence-corrected chi connectivity index (χ1v) is 9.02. The summed E-state index contributed by atoms with van der Waals surface area (Å²) in [6, 6.07) is 22.3. The summed E-state index contributed by atoms with van der Waals surface area (Å²) in [5.41, 5.74) is 3.03. The Hall–Kier alpha value is -3.25. The Labute approximate surface area is 157 Å². The van der Waals surface area contributed by atoms with Crippen molar-refractivity contribution in [3.8, 4) is 11.3 Å². The van der Waals surface area contributed by atoms with Gasteiger partial charge in [0.1, 0.15) is 12.1 Å². The second kappa shape index (κ2) is 7.97. The second-order valence-electron chi connectivity index (χ2n) is 6.10. The minimum Gasteiger partial charge on any atom is -0.372 e. The highest BCUT2D eigenvalue weighted by Gasteiger charge is 2.14. The van der Waals surface area contributed by atoms with E-state index in [4.69, 9.17) is 4.74 Å². The van der Waals surface area contributed by atoms with Crippen LogP contribution < -0.4 is 5.32 Å². The molecule has 0 radical (unpaired) electrons. The molecule has 0 bridgehead atoms. The van der Waals surface area contributed by atoms with Gasteiger partial charge in [-0.15, -0.1) is 0 Å². The van der Waals surface area contributed by atoms with Crippen molar-refractivity contribution in [3.05, 3.63) is 78.6 Å². The van der Waals surface area contributed by atoms with E-state index in [1.54, 1.807) is 4.52 Å². The highest BCUT2D eigenvalue weighted by molar-refractivity contribution is 5.65. The minimum atomic E-state index is -0.0527. The van der Waals surface area contributed by atoms with Crippen molar-refractivity contribution in [2.45, 2.75) is 13.0 Å². The first-order chi connectivity index (χ1) is 13.3. The normalized spacial score (nSPS) is 12.2. The third-order valence-corrected chi connectivity index (χ3v) is 4.33. The zero-order valence-electron chi connectivity index (χ0n) is 15.1. The van der Waals surface area contributed by atoms with Gasteiger partial charge in [0, 0.05) is 24.8 Å². The molecule has 2 heterocycles. The van der Waals surface area contributed by atoms with Gasteiger partial charge in [0.05, 0.1) is 11.8 Å². The third kappa shape index (κ3) is 3.80. The van der Waals surface area contributed by atoms with Crippen LogP contribution in [0.25, 0.3) is 17.0 Å². The first kappa shape index (κ1) is 17.2. The van der Waals surface area contributed by atoms with Crippen LogP contribution in [0.1, 0.15) is 18.6 Å². The Bertz CT molecular complexity index is 1000. The van der Waals surface area contributed by atoms with Crippen LogP contribution in [0.2, 0.25) is 0 Å². The number of benzene rings is 2. The summed E-state index contributed by atoms with van der Waals surface area (Å²) in [5, 5.41) is 7.75. The van der Waals surface area contributed by atoms with Crippen LogP contribution >= 0.6 is 0 Å². The summed E-state index contributed by atoms with van der Waals surface area (Å²) in [5.74, 6) is 1.39. The van der Waals surface area contributed by atoms with Crippen LogP contribution in [0, 0.1) is 0 Å². The zero-order chi connectivity index (χ0) is 18.5. The molecule has 136 valence electrons. The fourth-order valence-electron chi connectivity index (χ4n) is 3.03. The molecule has 0 saturated carbocycles. The van der Waals surface area contributed by atoms with Crippen LogP contribution in [0.5, 0.6) is 0 Å². The van der Waals surface area contributed by atoms with E-state index >= 15 is 0 Å². The Kier molecular flexibility index (Phi) is 5.07. The molecular weight excluding hydrogens is 338 g/mol. The summed E-state index contributed by atoms with van der Waals surface area (Å²) in [6.45, 7) is 3.27. The first-order valence-electron chi connectivity index (χ1n) is 9.02. The average Bonchev–Trinajstić information content (AvgIpc) is 3.21. The summed E-state index contributed by atoms with van der Waals surface area (Å²) in [6.07, 6.45) is 1.46. The molecule has 0 aliphatic carbocycles. The molecule has 0 saturated heterocycles. The van der Waals surface area contributed by atoms with E-state index in [0.717, 1.165) is 22.6 Å². The average molecular weight is 359 g/mol. The largest absolute Gasteiger partial charge is 0.372 e. The fraction of sp³-hybridized carbons (Fsp3) is 0.190. The lowest BCUT2D eigenvalue weighted by Gasteiger charge is -2.19. The van der Waals surface area contributed by atoms with Crippen LogP contribution in [0.4, 0.5) is 5.82 Å². The van der Waals surface area contributed by atoms with E-state index in [9.17, 15) is 0 Å². The topological polar surface area (TPSA) is 64.3 Å². The molecule has 4 aromatic rings. The molecule has 0 fully saturated rings. The Morgan fingerprint density at radius 3 is 2.52 bits per heavy atom. The molecule has 4 rings (SSSR count). The summed E-state index contributed by atoms with van der Waals surface area (Å²) < 4.78 is 7.64. The maximum absolute atomic E-state index is 5.93. The van der Waals surface area contributed by atoms with Crippen LogP contribution in [-0.2, 0) is 4.74 Å². The van der Waals surface area contributed by atoms with Crippen molar-refractivity contribution >= 4 is 11.6 Å². The molecule has 27 heavy (non-hydrogen) atoms. The third-order valence-electron chi connectivity index (χ3n) is 4.33. The van der Waals surface area contributed by atoms with Gasteiger partial charge in [-0.3, -0.25) is 0 Å². The van der Waals surface area contributed by atoms with Gasteiger partial charge in [-0.25, -0.2) is 4.98 Å². The van der Waals surface area contributed by atoms with Crippen LogP contribution in [0.15, 0.2) is 73.1 Å². The van der Waals surface area contributed by atoms with Gasteiger partial charge in [0.15, 0.2) is 0 Å². The number of ether oxygens (including phenoxy) is 1. The maximum atomic E-state index is 5.93. The van der Waals surface area contributed by atoms with Gasteiger partial charge in [-0.2, -0.15) is 14.6 Å². The zero-order valence-corrected chi connectivity index (χ0v) is 15.1. The lowest BCUT2D eigenvalue weighted by atomic mass is 10.1. The van der Waals surface area contributed by atoms with E-state index in [1.807, 2.05) is 61.5 Å². The quantitative estimate of drug-likeness (QED) is 0.541. The van der Waals surface area contributed by atoms with Gasteiger partial charge in [-0.05, 0) is 12.5 Å². The van der Waals surface area contributed by atoms with E-state index in [1.165, 1.54) is 6.33 Å². The number of hydrogen-bond acceptors (Lipinski definition) is 5. The predicted octanol–water partition coefficient (Wildman–Crippen LogP) is 3.98. The Balaban J connectivity index is 1.63. The van der Waals surface area contributed by atoms with Gasteiger partial charge in [0.2, 0.25) is 0 Å². The smallest absolute Gasteiger partial charge is 0.254 e. The molecule has 6 heteroatoms. The number of anilines is 1. The van der Waals surface area contributed by atoms with Gasteiger partial charge in [0.25, 0.3) is 5.78 Å². The molecule has 0 aliphatic rings. The van der Waals surface area contributed by atoms with Crippen molar-refractivity contribution < 1.29 is 4.74 Å². The molecule has 2 aromatic heterocycles. The molecule has 2 aromatic carbocycles. The molecule has 1 unspecified atom stereocenters.